The summed E-state index contributed by atoms with van der Waals surface area (Å²) in [7, 11) is 1.68. The molecule has 0 bridgehead atoms. The predicted molar refractivity (Wildman–Crippen MR) is 68.6 cm³/mol. The van der Waals surface area contributed by atoms with Gasteiger partial charge in [0, 0.05) is 20.2 Å². The second-order valence-corrected chi connectivity index (χ2v) is 4.73. The molecule has 1 unspecified atom stereocenters. The van der Waals surface area contributed by atoms with Crippen LogP contribution in [0.4, 0.5) is 0 Å². The van der Waals surface area contributed by atoms with Gasteiger partial charge in [-0.3, -0.25) is 4.79 Å². The summed E-state index contributed by atoms with van der Waals surface area (Å²) < 4.78 is 5.15. The molecule has 98 valence electrons. The smallest absolute Gasteiger partial charge is 0.257 e. The Balaban J connectivity index is 2.07. The largest absolute Gasteiger partial charge is 0.507 e. The maximum atomic E-state index is 12.3. The fraction of sp³-hybridized carbons (Fsp3) is 0.500. The van der Waals surface area contributed by atoms with Crippen molar-refractivity contribution in [1.82, 2.24) is 4.90 Å². The highest BCUT2D eigenvalue weighted by Crippen LogP contribution is 2.22. The number of carbonyl (C=O) groups is 1. The molecular weight excluding hydrogens is 230 g/mol. The molecular formula is C14H19NO3. The average Bonchev–Trinajstić information content (AvgIpc) is 2.39. The molecule has 0 spiro atoms. The lowest BCUT2D eigenvalue weighted by Gasteiger charge is -2.32. The maximum Gasteiger partial charge on any atom is 0.257 e. The summed E-state index contributed by atoms with van der Waals surface area (Å²) in [4.78, 5) is 14.1. The number of likely N-dealkylation sites (tertiary alicyclic amines) is 1. The van der Waals surface area contributed by atoms with Gasteiger partial charge < -0.3 is 14.7 Å². The van der Waals surface area contributed by atoms with Crippen LogP contribution in [0.15, 0.2) is 24.3 Å². The van der Waals surface area contributed by atoms with Gasteiger partial charge >= 0.3 is 0 Å². The predicted octanol–water partition coefficient (Wildman–Crippen LogP) is 1.89. The summed E-state index contributed by atoms with van der Waals surface area (Å²) in [6.07, 6.45) is 2.09. The number of phenols is 1. The van der Waals surface area contributed by atoms with Crippen molar-refractivity contribution >= 4 is 5.91 Å². The first-order valence-electron chi connectivity index (χ1n) is 6.28. The topological polar surface area (TPSA) is 49.8 Å². The van der Waals surface area contributed by atoms with E-state index in [0.29, 0.717) is 24.6 Å². The van der Waals surface area contributed by atoms with E-state index in [1.807, 2.05) is 4.90 Å². The normalized spacial score (nSPS) is 19.8. The van der Waals surface area contributed by atoms with Gasteiger partial charge in [-0.1, -0.05) is 12.1 Å². The van der Waals surface area contributed by atoms with Crippen molar-refractivity contribution < 1.29 is 14.6 Å². The Morgan fingerprint density at radius 3 is 3.00 bits per heavy atom. The molecule has 1 fully saturated rings. The molecule has 1 aliphatic rings. The van der Waals surface area contributed by atoms with Gasteiger partial charge in [-0.25, -0.2) is 0 Å². The number of methoxy groups -OCH3 is 1. The van der Waals surface area contributed by atoms with Crippen LogP contribution >= 0.6 is 0 Å². The van der Waals surface area contributed by atoms with Crippen molar-refractivity contribution in [2.45, 2.75) is 12.8 Å². The van der Waals surface area contributed by atoms with Crippen LogP contribution in [0.1, 0.15) is 23.2 Å². The maximum absolute atomic E-state index is 12.3. The Bertz CT molecular complexity index is 417. The van der Waals surface area contributed by atoms with E-state index in [2.05, 4.69) is 0 Å². The number of hydrogen-bond donors (Lipinski definition) is 1. The first-order valence-corrected chi connectivity index (χ1v) is 6.28. The average molecular weight is 249 g/mol. The van der Waals surface area contributed by atoms with Gasteiger partial charge in [0.25, 0.3) is 5.91 Å². The van der Waals surface area contributed by atoms with Gasteiger partial charge in [-0.15, -0.1) is 0 Å². The summed E-state index contributed by atoms with van der Waals surface area (Å²) >= 11 is 0. The Morgan fingerprint density at radius 1 is 1.50 bits per heavy atom. The zero-order valence-corrected chi connectivity index (χ0v) is 10.6. The standard InChI is InChI=1S/C14H19NO3/c1-18-10-11-5-4-8-15(9-11)14(17)12-6-2-3-7-13(12)16/h2-3,6-7,11,16H,4-5,8-10H2,1H3. The number of para-hydroxylation sites is 1. The number of nitrogens with zero attached hydrogens (tertiary/aromatic N) is 1. The van der Waals surface area contributed by atoms with Crippen molar-refractivity contribution in [2.75, 3.05) is 26.8 Å². The molecule has 1 amide bonds. The summed E-state index contributed by atoms with van der Waals surface area (Å²) in [6, 6.07) is 6.70. The fourth-order valence-electron chi connectivity index (χ4n) is 2.45. The molecule has 0 aromatic heterocycles. The first kappa shape index (κ1) is 12.9. The number of phenolic OH excluding ortho intramolecular Hbond substituents is 1. The SMILES string of the molecule is COCC1CCCN(C(=O)c2ccccc2O)C1. The highest BCUT2D eigenvalue weighted by molar-refractivity contribution is 5.96. The third-order valence-electron chi connectivity index (χ3n) is 3.34. The van der Waals surface area contributed by atoms with E-state index in [-0.39, 0.29) is 11.7 Å². The lowest BCUT2D eigenvalue weighted by Crippen LogP contribution is -2.41. The van der Waals surface area contributed by atoms with Gasteiger partial charge in [0.2, 0.25) is 0 Å². The minimum absolute atomic E-state index is 0.0522. The van der Waals surface area contributed by atoms with Crippen molar-refractivity contribution in [3.63, 3.8) is 0 Å². The van der Waals surface area contributed by atoms with Crippen LogP contribution in [0.3, 0.4) is 0 Å². The Morgan fingerprint density at radius 2 is 2.28 bits per heavy atom. The lowest BCUT2D eigenvalue weighted by molar-refractivity contribution is 0.0568. The molecule has 0 saturated carbocycles. The van der Waals surface area contributed by atoms with Crippen LogP contribution in [-0.4, -0.2) is 42.7 Å². The second kappa shape index (κ2) is 5.87. The molecule has 1 aromatic carbocycles. The first-order chi connectivity index (χ1) is 8.72. The van der Waals surface area contributed by atoms with Gasteiger partial charge in [-0.2, -0.15) is 0 Å². The lowest BCUT2D eigenvalue weighted by atomic mass is 9.98. The summed E-state index contributed by atoms with van der Waals surface area (Å²) in [6.45, 7) is 2.15. The molecule has 2 rings (SSSR count). The number of amides is 1. The molecule has 1 heterocycles. The zero-order chi connectivity index (χ0) is 13.0. The van der Waals surface area contributed by atoms with E-state index in [1.165, 1.54) is 0 Å². The Labute approximate surface area is 107 Å². The van der Waals surface area contributed by atoms with Gasteiger partial charge in [0.1, 0.15) is 5.75 Å². The Kier molecular flexibility index (Phi) is 4.20. The molecule has 1 saturated heterocycles. The van der Waals surface area contributed by atoms with E-state index in [9.17, 15) is 9.90 Å². The van der Waals surface area contributed by atoms with E-state index in [1.54, 1.807) is 31.4 Å². The molecule has 4 heteroatoms. The summed E-state index contributed by atoms with van der Waals surface area (Å²) in [5.74, 6) is 0.365. The highest BCUT2D eigenvalue weighted by Gasteiger charge is 2.25. The number of ether oxygens (including phenoxy) is 1. The number of rotatable bonds is 3. The van der Waals surface area contributed by atoms with Crippen LogP contribution in [0.2, 0.25) is 0 Å². The van der Waals surface area contributed by atoms with Gasteiger partial charge in [0.15, 0.2) is 0 Å². The fourth-order valence-corrected chi connectivity index (χ4v) is 2.45. The van der Waals surface area contributed by atoms with Crippen molar-refractivity contribution in [2.24, 2.45) is 5.92 Å². The molecule has 1 N–H and O–H groups in total. The molecule has 1 aromatic rings. The van der Waals surface area contributed by atoms with Crippen LogP contribution in [0, 0.1) is 5.92 Å². The number of carbonyl (C=O) groups excluding carboxylic acids is 1. The zero-order valence-electron chi connectivity index (χ0n) is 10.6. The van der Waals surface area contributed by atoms with Crippen molar-refractivity contribution in [3.8, 4) is 5.75 Å². The third kappa shape index (κ3) is 2.82. The van der Waals surface area contributed by atoms with Crippen LogP contribution in [0.5, 0.6) is 5.75 Å². The molecule has 1 atom stereocenters. The molecule has 18 heavy (non-hydrogen) atoms. The van der Waals surface area contributed by atoms with E-state index >= 15 is 0 Å². The van der Waals surface area contributed by atoms with Gasteiger partial charge in [0.05, 0.1) is 12.2 Å². The molecule has 4 nitrogen and oxygen atoms in total. The third-order valence-corrected chi connectivity index (χ3v) is 3.34. The summed E-state index contributed by atoms with van der Waals surface area (Å²) in [5, 5.41) is 9.71. The summed E-state index contributed by atoms with van der Waals surface area (Å²) in [5.41, 5.74) is 0.385. The number of piperidine rings is 1. The van der Waals surface area contributed by atoms with E-state index in [0.717, 1.165) is 19.4 Å². The molecule has 0 aliphatic carbocycles. The van der Waals surface area contributed by atoms with Gasteiger partial charge in [-0.05, 0) is 30.9 Å². The monoisotopic (exact) mass is 249 g/mol. The minimum atomic E-state index is -0.0890. The highest BCUT2D eigenvalue weighted by atomic mass is 16.5. The van der Waals surface area contributed by atoms with Crippen LogP contribution in [-0.2, 0) is 4.74 Å². The van der Waals surface area contributed by atoms with Crippen molar-refractivity contribution in [1.29, 1.82) is 0 Å². The number of aromatic hydroxyl groups is 1. The molecule has 1 aliphatic heterocycles. The quantitative estimate of drug-likeness (QED) is 0.890. The van der Waals surface area contributed by atoms with Crippen molar-refractivity contribution in [3.05, 3.63) is 29.8 Å². The number of hydrogen-bond acceptors (Lipinski definition) is 3. The van der Waals surface area contributed by atoms with Crippen LogP contribution < -0.4 is 0 Å². The number of benzene rings is 1. The second-order valence-electron chi connectivity index (χ2n) is 4.73. The van der Waals surface area contributed by atoms with E-state index < -0.39 is 0 Å². The van der Waals surface area contributed by atoms with E-state index in [4.69, 9.17) is 4.74 Å². The minimum Gasteiger partial charge on any atom is -0.507 e. The molecule has 0 radical (unpaired) electrons. The van der Waals surface area contributed by atoms with Crippen LogP contribution in [0.25, 0.3) is 0 Å². The Hall–Kier alpha value is -1.55.